The van der Waals surface area contributed by atoms with Gasteiger partial charge < -0.3 is 15.2 Å². The summed E-state index contributed by atoms with van der Waals surface area (Å²) in [5.74, 6) is 0.480. The van der Waals surface area contributed by atoms with Crippen molar-refractivity contribution in [3.63, 3.8) is 0 Å². The van der Waals surface area contributed by atoms with E-state index in [-0.39, 0.29) is 24.2 Å². The van der Waals surface area contributed by atoms with Crippen LogP contribution in [0.25, 0.3) is 10.9 Å². The Labute approximate surface area is 173 Å². The lowest BCUT2D eigenvalue weighted by atomic mass is 9.94. The van der Waals surface area contributed by atoms with E-state index in [0.29, 0.717) is 27.4 Å². The fourth-order valence-electron chi connectivity index (χ4n) is 3.88. The summed E-state index contributed by atoms with van der Waals surface area (Å²) in [6.45, 7) is 0.237. The summed E-state index contributed by atoms with van der Waals surface area (Å²) in [5.41, 5.74) is 1.00. The number of benzene rings is 2. The van der Waals surface area contributed by atoms with E-state index in [9.17, 15) is 9.59 Å². The maximum Gasteiger partial charge on any atom is 0.322 e. The van der Waals surface area contributed by atoms with Crippen LogP contribution in [-0.2, 0) is 6.54 Å². The van der Waals surface area contributed by atoms with Crippen molar-refractivity contribution >= 4 is 34.2 Å². The Kier molecular flexibility index (Phi) is 5.81. The molecule has 0 radical (unpaired) electrons. The monoisotopic (exact) mass is 410 g/mol. The third-order valence-electron chi connectivity index (χ3n) is 5.37. The molecule has 1 aliphatic rings. The Morgan fingerprint density at radius 1 is 1.10 bits per heavy atom. The van der Waals surface area contributed by atoms with Crippen molar-refractivity contribution in [1.29, 1.82) is 0 Å². The summed E-state index contributed by atoms with van der Waals surface area (Å²) in [5, 5.41) is 3.95. The van der Waals surface area contributed by atoms with Crippen molar-refractivity contribution < 1.29 is 4.79 Å². The van der Waals surface area contributed by atoms with Gasteiger partial charge in [-0.25, -0.2) is 9.78 Å². The normalized spacial score (nSPS) is 14.7. The number of amides is 2. The van der Waals surface area contributed by atoms with Crippen LogP contribution in [0.5, 0.6) is 0 Å². The molecular formula is C22H23ClN4O2. The van der Waals surface area contributed by atoms with Gasteiger partial charge in [0.1, 0.15) is 5.82 Å². The average Bonchev–Trinajstić information content (AvgIpc) is 2.74. The number of aromatic amines is 1. The van der Waals surface area contributed by atoms with Crippen LogP contribution in [0.4, 0.5) is 10.5 Å². The van der Waals surface area contributed by atoms with Crippen molar-refractivity contribution in [3.8, 4) is 0 Å². The van der Waals surface area contributed by atoms with Gasteiger partial charge in [-0.1, -0.05) is 55.1 Å². The lowest BCUT2D eigenvalue weighted by Gasteiger charge is -2.34. The molecule has 4 rings (SSSR count). The van der Waals surface area contributed by atoms with Crippen molar-refractivity contribution in [3.05, 3.63) is 69.7 Å². The van der Waals surface area contributed by atoms with Crippen LogP contribution in [0.3, 0.4) is 0 Å². The summed E-state index contributed by atoms with van der Waals surface area (Å²) < 4.78 is 0. The summed E-state index contributed by atoms with van der Waals surface area (Å²) >= 11 is 6.21. The first-order valence-electron chi connectivity index (χ1n) is 9.92. The molecule has 2 N–H and O–H groups in total. The van der Waals surface area contributed by atoms with Gasteiger partial charge in [-0.15, -0.1) is 0 Å². The number of nitrogens with zero attached hydrogens (tertiary/aromatic N) is 2. The summed E-state index contributed by atoms with van der Waals surface area (Å²) in [6.07, 6.45) is 5.23. The number of hydrogen-bond acceptors (Lipinski definition) is 3. The van der Waals surface area contributed by atoms with Gasteiger partial charge in [0.15, 0.2) is 0 Å². The van der Waals surface area contributed by atoms with E-state index in [2.05, 4.69) is 15.3 Å². The number of carbonyl (C=O) groups is 1. The number of nitrogens with one attached hydrogen (secondary N) is 2. The Hall–Kier alpha value is -2.86. The van der Waals surface area contributed by atoms with Gasteiger partial charge in [0.2, 0.25) is 0 Å². The second-order valence-corrected chi connectivity index (χ2v) is 7.77. The molecule has 0 bridgehead atoms. The Morgan fingerprint density at radius 2 is 1.83 bits per heavy atom. The molecule has 0 aliphatic heterocycles. The number of halogens is 1. The summed E-state index contributed by atoms with van der Waals surface area (Å²) in [6, 6.07) is 14.2. The second kappa shape index (κ2) is 8.66. The topological polar surface area (TPSA) is 78.1 Å². The first-order chi connectivity index (χ1) is 14.1. The molecule has 3 aromatic rings. The number of fused-ring (bicyclic) bond motifs is 1. The smallest absolute Gasteiger partial charge is 0.314 e. The molecule has 1 aliphatic carbocycles. The van der Waals surface area contributed by atoms with Crippen LogP contribution in [0.1, 0.15) is 37.9 Å². The molecule has 1 aromatic heterocycles. The molecular weight excluding hydrogens is 388 g/mol. The van der Waals surface area contributed by atoms with Gasteiger partial charge in [0.05, 0.1) is 28.2 Å². The SMILES string of the molecule is O=C(Nc1ccccc1Cl)N(Cc1nc2ccccc2c(=O)[nH]1)C1CCCCC1. The first-order valence-corrected chi connectivity index (χ1v) is 10.3. The minimum absolute atomic E-state index is 0.100. The third kappa shape index (κ3) is 4.43. The van der Waals surface area contributed by atoms with Crippen LogP contribution < -0.4 is 10.9 Å². The molecule has 1 saturated carbocycles. The molecule has 6 nitrogen and oxygen atoms in total. The van der Waals surface area contributed by atoms with Gasteiger partial charge >= 0.3 is 6.03 Å². The molecule has 0 saturated heterocycles. The lowest BCUT2D eigenvalue weighted by Crippen LogP contribution is -2.44. The molecule has 0 spiro atoms. The van der Waals surface area contributed by atoms with E-state index >= 15 is 0 Å². The zero-order valence-electron chi connectivity index (χ0n) is 16.0. The molecule has 1 heterocycles. The minimum atomic E-state index is -0.235. The maximum absolute atomic E-state index is 13.2. The van der Waals surface area contributed by atoms with E-state index in [1.807, 2.05) is 30.3 Å². The van der Waals surface area contributed by atoms with E-state index in [4.69, 9.17) is 11.6 Å². The summed E-state index contributed by atoms with van der Waals surface area (Å²) in [7, 11) is 0. The van der Waals surface area contributed by atoms with Gasteiger partial charge in [-0.05, 0) is 37.1 Å². The van der Waals surface area contributed by atoms with E-state index in [1.165, 1.54) is 6.42 Å². The number of rotatable bonds is 4. The lowest BCUT2D eigenvalue weighted by molar-refractivity contribution is 0.160. The standard InChI is InChI=1S/C22H23ClN4O2/c23-17-11-5-7-13-19(17)25-22(29)27(15-8-2-1-3-9-15)14-20-24-18-12-6-4-10-16(18)21(28)26-20/h4-7,10-13,15H,1-3,8-9,14H2,(H,25,29)(H,24,26,28). The molecule has 2 aromatic carbocycles. The van der Waals surface area contributed by atoms with E-state index in [0.717, 1.165) is 25.7 Å². The third-order valence-corrected chi connectivity index (χ3v) is 5.70. The highest BCUT2D eigenvalue weighted by Crippen LogP contribution is 2.26. The minimum Gasteiger partial charge on any atom is -0.314 e. The highest BCUT2D eigenvalue weighted by atomic mass is 35.5. The van der Waals surface area contributed by atoms with Crippen LogP contribution >= 0.6 is 11.6 Å². The number of carbonyl (C=O) groups excluding carboxylic acids is 1. The number of hydrogen-bond donors (Lipinski definition) is 2. The van der Waals surface area contributed by atoms with E-state index in [1.54, 1.807) is 23.1 Å². The quantitative estimate of drug-likeness (QED) is 0.639. The number of para-hydroxylation sites is 2. The fraction of sp³-hybridized carbons (Fsp3) is 0.318. The average molecular weight is 411 g/mol. The zero-order chi connectivity index (χ0) is 20.2. The predicted molar refractivity (Wildman–Crippen MR) is 115 cm³/mol. The van der Waals surface area contributed by atoms with Crippen molar-refractivity contribution in [2.24, 2.45) is 0 Å². The number of urea groups is 1. The Balaban J connectivity index is 1.63. The number of aromatic nitrogens is 2. The fourth-order valence-corrected chi connectivity index (χ4v) is 4.06. The van der Waals surface area contributed by atoms with Crippen LogP contribution in [0.15, 0.2) is 53.3 Å². The Morgan fingerprint density at radius 3 is 2.62 bits per heavy atom. The zero-order valence-corrected chi connectivity index (χ0v) is 16.8. The predicted octanol–water partition coefficient (Wildman–Crippen LogP) is 4.94. The molecule has 1 fully saturated rings. The molecule has 0 unspecified atom stereocenters. The van der Waals surface area contributed by atoms with E-state index < -0.39 is 0 Å². The first kappa shape index (κ1) is 19.5. The number of H-pyrrole nitrogens is 1. The van der Waals surface area contributed by atoms with Crippen LogP contribution in [-0.4, -0.2) is 26.9 Å². The second-order valence-electron chi connectivity index (χ2n) is 7.36. The van der Waals surface area contributed by atoms with Crippen LogP contribution in [0, 0.1) is 0 Å². The van der Waals surface area contributed by atoms with Gasteiger partial charge in [0, 0.05) is 6.04 Å². The summed E-state index contributed by atoms with van der Waals surface area (Å²) in [4.78, 5) is 34.8. The molecule has 150 valence electrons. The number of anilines is 1. The van der Waals surface area contributed by atoms with Gasteiger partial charge in [-0.3, -0.25) is 4.79 Å². The molecule has 0 atom stereocenters. The van der Waals surface area contributed by atoms with Crippen LogP contribution in [0.2, 0.25) is 5.02 Å². The van der Waals surface area contributed by atoms with Gasteiger partial charge in [-0.2, -0.15) is 0 Å². The largest absolute Gasteiger partial charge is 0.322 e. The van der Waals surface area contributed by atoms with Crippen molar-refractivity contribution in [2.75, 3.05) is 5.32 Å². The highest BCUT2D eigenvalue weighted by Gasteiger charge is 2.27. The molecule has 7 heteroatoms. The molecule has 29 heavy (non-hydrogen) atoms. The van der Waals surface area contributed by atoms with Crippen molar-refractivity contribution in [1.82, 2.24) is 14.9 Å². The molecule has 2 amide bonds. The van der Waals surface area contributed by atoms with Crippen molar-refractivity contribution in [2.45, 2.75) is 44.7 Å². The maximum atomic E-state index is 13.2. The van der Waals surface area contributed by atoms with Gasteiger partial charge in [0.25, 0.3) is 5.56 Å². The highest BCUT2D eigenvalue weighted by molar-refractivity contribution is 6.33. The Bertz CT molecular complexity index is 1080.